The standard InChI is InChI=1S/C26H44O4Si/c1-8-20-23-19(22(27)13-12-21(23)26(20)28-16-17-29-26)14-15-25(5,18-10-9-11-18)30-31(6,7)24(2,3)4/h18-23,27H,8-13,16-17H2,1-7H3/t19-,20?,21-,22+,23-,25+/m0/s1. The first-order valence-electron chi connectivity index (χ1n) is 12.6. The van der Waals surface area contributed by atoms with Gasteiger partial charge in [-0.1, -0.05) is 46.0 Å². The van der Waals surface area contributed by atoms with Gasteiger partial charge in [0.05, 0.1) is 25.2 Å². The predicted octanol–water partition coefficient (Wildman–Crippen LogP) is 5.36. The summed E-state index contributed by atoms with van der Waals surface area (Å²) in [5, 5.41) is 11.1. The van der Waals surface area contributed by atoms with Crippen molar-refractivity contribution in [2.24, 2.45) is 29.6 Å². The fourth-order valence-electron chi connectivity index (χ4n) is 6.35. The average Bonchev–Trinajstić information content (AvgIpc) is 3.10. The molecule has 1 spiro atoms. The summed E-state index contributed by atoms with van der Waals surface area (Å²) in [5.74, 6) is 8.41. The van der Waals surface area contributed by atoms with Gasteiger partial charge in [-0.05, 0) is 69.0 Å². The molecule has 0 amide bonds. The quantitative estimate of drug-likeness (QED) is 0.465. The molecule has 0 bridgehead atoms. The van der Waals surface area contributed by atoms with Crippen molar-refractivity contribution in [3.63, 3.8) is 0 Å². The number of hydrogen-bond acceptors (Lipinski definition) is 4. The van der Waals surface area contributed by atoms with Crippen molar-refractivity contribution in [3.05, 3.63) is 0 Å². The van der Waals surface area contributed by atoms with Gasteiger partial charge >= 0.3 is 0 Å². The van der Waals surface area contributed by atoms with Crippen LogP contribution in [0.1, 0.15) is 73.1 Å². The molecule has 3 saturated carbocycles. The highest BCUT2D eigenvalue weighted by atomic mass is 28.4. The van der Waals surface area contributed by atoms with Gasteiger partial charge in [0.15, 0.2) is 14.1 Å². The first-order chi connectivity index (χ1) is 14.5. The summed E-state index contributed by atoms with van der Waals surface area (Å²) in [6.07, 6.45) is 6.07. The third kappa shape index (κ3) is 3.85. The summed E-state index contributed by atoms with van der Waals surface area (Å²) in [6.45, 7) is 17.4. The second-order valence-electron chi connectivity index (χ2n) is 12.2. The van der Waals surface area contributed by atoms with Crippen LogP contribution in [0.15, 0.2) is 0 Å². The van der Waals surface area contributed by atoms with Gasteiger partial charge in [0, 0.05) is 11.8 Å². The van der Waals surface area contributed by atoms with E-state index in [2.05, 4.69) is 59.6 Å². The van der Waals surface area contributed by atoms with Gasteiger partial charge in [-0.25, -0.2) is 0 Å². The van der Waals surface area contributed by atoms with Crippen molar-refractivity contribution >= 4 is 8.32 Å². The van der Waals surface area contributed by atoms with E-state index >= 15 is 0 Å². The van der Waals surface area contributed by atoms with E-state index in [0.717, 1.165) is 19.3 Å². The maximum atomic E-state index is 11.0. The third-order valence-electron chi connectivity index (χ3n) is 9.39. The molecule has 1 N–H and O–H groups in total. The lowest BCUT2D eigenvalue weighted by molar-refractivity contribution is -0.340. The van der Waals surface area contributed by atoms with E-state index in [4.69, 9.17) is 13.9 Å². The molecule has 4 aliphatic rings. The van der Waals surface area contributed by atoms with E-state index in [-0.39, 0.29) is 17.1 Å². The summed E-state index contributed by atoms with van der Waals surface area (Å²) in [5.41, 5.74) is -0.419. The molecule has 1 heterocycles. The van der Waals surface area contributed by atoms with Crippen LogP contribution in [-0.4, -0.2) is 44.1 Å². The Bertz CT molecular complexity index is 714. The average molecular weight is 449 g/mol. The minimum atomic E-state index is -1.96. The molecule has 0 radical (unpaired) electrons. The molecule has 4 fully saturated rings. The van der Waals surface area contributed by atoms with Crippen LogP contribution in [0.4, 0.5) is 0 Å². The van der Waals surface area contributed by atoms with E-state index in [9.17, 15) is 5.11 Å². The Morgan fingerprint density at radius 2 is 1.71 bits per heavy atom. The van der Waals surface area contributed by atoms with Crippen LogP contribution in [0.25, 0.3) is 0 Å². The fraction of sp³-hybridized carbons (Fsp3) is 0.923. The monoisotopic (exact) mass is 448 g/mol. The Hall–Kier alpha value is -0.383. The summed E-state index contributed by atoms with van der Waals surface area (Å²) < 4.78 is 19.3. The highest BCUT2D eigenvalue weighted by Gasteiger charge is 2.68. The molecule has 3 aliphatic carbocycles. The Balaban J connectivity index is 1.61. The third-order valence-corrected chi connectivity index (χ3v) is 13.9. The van der Waals surface area contributed by atoms with Crippen LogP contribution in [0.5, 0.6) is 0 Å². The van der Waals surface area contributed by atoms with Gasteiger partial charge in [0.2, 0.25) is 0 Å². The largest absolute Gasteiger partial charge is 0.401 e. The first kappa shape index (κ1) is 23.8. The molecule has 6 atom stereocenters. The van der Waals surface area contributed by atoms with Crippen LogP contribution in [0.2, 0.25) is 18.1 Å². The second-order valence-corrected chi connectivity index (χ2v) is 16.9. The molecule has 1 unspecified atom stereocenters. The number of fused-ring (bicyclic) bond motifs is 2. The summed E-state index contributed by atoms with van der Waals surface area (Å²) in [7, 11) is -1.96. The fourth-order valence-corrected chi connectivity index (χ4v) is 7.94. The first-order valence-corrected chi connectivity index (χ1v) is 15.5. The maximum absolute atomic E-state index is 11.0. The van der Waals surface area contributed by atoms with Crippen molar-refractivity contribution in [3.8, 4) is 11.8 Å². The zero-order chi connectivity index (χ0) is 22.7. The zero-order valence-corrected chi connectivity index (χ0v) is 21.8. The molecule has 176 valence electrons. The van der Waals surface area contributed by atoms with Gasteiger partial charge in [-0.2, -0.15) is 0 Å². The smallest absolute Gasteiger partial charge is 0.194 e. The Labute approximate surface area is 190 Å². The number of ether oxygens (including phenoxy) is 2. The van der Waals surface area contributed by atoms with Crippen molar-refractivity contribution in [2.45, 2.75) is 109 Å². The normalized spacial score (nSPS) is 37.2. The molecule has 1 aliphatic heterocycles. The molecule has 0 aromatic carbocycles. The van der Waals surface area contributed by atoms with Gasteiger partial charge in [0.25, 0.3) is 0 Å². The van der Waals surface area contributed by atoms with Crippen LogP contribution in [0, 0.1) is 41.4 Å². The molecule has 0 aromatic heterocycles. The van der Waals surface area contributed by atoms with Crippen molar-refractivity contribution in [1.29, 1.82) is 0 Å². The molecule has 31 heavy (non-hydrogen) atoms. The van der Waals surface area contributed by atoms with E-state index < -0.39 is 19.7 Å². The Morgan fingerprint density at radius 3 is 2.23 bits per heavy atom. The van der Waals surface area contributed by atoms with E-state index in [1.165, 1.54) is 19.3 Å². The number of aliphatic hydroxyl groups excluding tert-OH is 1. The molecule has 4 rings (SSSR count). The second kappa shape index (κ2) is 8.13. The maximum Gasteiger partial charge on any atom is 0.194 e. The highest BCUT2D eigenvalue weighted by Crippen LogP contribution is 2.62. The lowest BCUT2D eigenvalue weighted by atomic mass is 9.49. The van der Waals surface area contributed by atoms with Gasteiger partial charge in [-0.15, -0.1) is 0 Å². The van der Waals surface area contributed by atoms with E-state index in [0.29, 0.717) is 36.9 Å². The number of aliphatic hydroxyl groups is 1. The Morgan fingerprint density at radius 1 is 1.06 bits per heavy atom. The van der Waals surface area contributed by atoms with Gasteiger partial charge in [-0.3, -0.25) is 0 Å². The molecule has 0 aromatic rings. The van der Waals surface area contributed by atoms with Crippen LogP contribution >= 0.6 is 0 Å². The lowest BCUT2D eigenvalue weighted by Gasteiger charge is -2.62. The van der Waals surface area contributed by atoms with Crippen molar-refractivity contribution in [1.82, 2.24) is 0 Å². The molecular weight excluding hydrogens is 404 g/mol. The highest BCUT2D eigenvalue weighted by molar-refractivity contribution is 6.74. The summed E-state index contributed by atoms with van der Waals surface area (Å²) in [4.78, 5) is 0. The van der Waals surface area contributed by atoms with Crippen molar-refractivity contribution < 1.29 is 19.0 Å². The molecule has 5 heteroatoms. The Kier molecular flexibility index (Phi) is 6.23. The number of hydrogen-bond donors (Lipinski definition) is 1. The zero-order valence-electron chi connectivity index (χ0n) is 20.8. The molecule has 4 nitrogen and oxygen atoms in total. The van der Waals surface area contributed by atoms with E-state index in [1.54, 1.807) is 0 Å². The minimum absolute atomic E-state index is 0.00968. The predicted molar refractivity (Wildman–Crippen MR) is 126 cm³/mol. The van der Waals surface area contributed by atoms with Crippen molar-refractivity contribution in [2.75, 3.05) is 13.2 Å². The number of rotatable bonds is 4. The molecule has 1 saturated heterocycles. The molecular formula is C26H44O4Si. The minimum Gasteiger partial charge on any atom is -0.401 e. The van der Waals surface area contributed by atoms with E-state index in [1.807, 2.05) is 0 Å². The van der Waals surface area contributed by atoms with Crippen LogP contribution in [-0.2, 0) is 13.9 Å². The van der Waals surface area contributed by atoms with Gasteiger partial charge in [0.1, 0.15) is 5.60 Å². The SMILES string of the molecule is CCC1[C@@H]2[C@@H](C#C[C@@](C)(O[Si](C)(C)C(C)(C)C)C3CCC3)[C@H](O)CC[C@@H]2C12OCCO2. The lowest BCUT2D eigenvalue weighted by Crippen LogP contribution is -2.67. The van der Waals surface area contributed by atoms with Crippen LogP contribution in [0.3, 0.4) is 0 Å². The summed E-state index contributed by atoms with van der Waals surface area (Å²) >= 11 is 0. The van der Waals surface area contributed by atoms with Crippen LogP contribution < -0.4 is 0 Å². The summed E-state index contributed by atoms with van der Waals surface area (Å²) in [6, 6.07) is 0. The van der Waals surface area contributed by atoms with Gasteiger partial charge < -0.3 is 19.0 Å². The topological polar surface area (TPSA) is 47.9 Å².